The Labute approximate surface area is 152 Å². The van der Waals surface area contributed by atoms with Gasteiger partial charge in [0.05, 0.1) is 16.7 Å². The van der Waals surface area contributed by atoms with Gasteiger partial charge >= 0.3 is 0 Å². The molecule has 0 saturated carbocycles. The first kappa shape index (κ1) is 19.0. The third-order valence-electron chi connectivity index (χ3n) is 3.93. The number of nitrogens with zero attached hydrogens (tertiary/aromatic N) is 1. The van der Waals surface area contributed by atoms with Crippen molar-refractivity contribution >= 4 is 23.4 Å². The Kier molecular flexibility index (Phi) is 6.58. The highest BCUT2D eigenvalue weighted by Gasteiger charge is 2.12. The van der Waals surface area contributed by atoms with Gasteiger partial charge in [0.25, 0.3) is 5.69 Å². The molecule has 0 unspecified atom stereocenters. The van der Waals surface area contributed by atoms with Crippen LogP contribution in [0.3, 0.4) is 0 Å². The Morgan fingerprint density at radius 1 is 1.20 bits per heavy atom. The molecule has 1 atom stereocenters. The number of hydrogen-bond acceptors (Lipinski definition) is 4. The maximum atomic E-state index is 12.1. The van der Waals surface area contributed by atoms with Crippen LogP contribution in [0.15, 0.2) is 42.5 Å². The van der Waals surface area contributed by atoms with Crippen molar-refractivity contribution in [2.24, 2.45) is 0 Å². The highest BCUT2D eigenvalue weighted by atomic mass is 32.2. The summed E-state index contributed by atoms with van der Waals surface area (Å²) in [4.78, 5) is 22.3. The van der Waals surface area contributed by atoms with Crippen molar-refractivity contribution < 1.29 is 9.72 Å². The third kappa shape index (κ3) is 5.60. The van der Waals surface area contributed by atoms with Crippen LogP contribution in [0, 0.1) is 24.0 Å². The zero-order chi connectivity index (χ0) is 18.4. The van der Waals surface area contributed by atoms with Gasteiger partial charge in [-0.15, -0.1) is 11.8 Å². The van der Waals surface area contributed by atoms with Gasteiger partial charge in [-0.25, -0.2) is 0 Å². The Hall–Kier alpha value is -2.34. The van der Waals surface area contributed by atoms with Gasteiger partial charge in [0, 0.05) is 17.9 Å². The SMILES string of the molecule is Cc1ccc(C)c([C@@H](C)NC(=O)CSCc2ccc([N+](=O)[O-])cc2)c1. The fourth-order valence-electron chi connectivity index (χ4n) is 2.56. The van der Waals surface area contributed by atoms with E-state index >= 15 is 0 Å². The second-order valence-corrected chi connectivity index (χ2v) is 7.05. The number of hydrogen-bond donors (Lipinski definition) is 1. The number of rotatable bonds is 7. The van der Waals surface area contributed by atoms with Gasteiger partial charge in [0.1, 0.15) is 0 Å². The van der Waals surface area contributed by atoms with Gasteiger partial charge < -0.3 is 5.32 Å². The predicted octanol–water partition coefficient (Wildman–Crippen LogP) is 4.32. The van der Waals surface area contributed by atoms with E-state index < -0.39 is 4.92 Å². The normalized spacial score (nSPS) is 11.8. The summed E-state index contributed by atoms with van der Waals surface area (Å²) in [6, 6.07) is 12.6. The van der Waals surface area contributed by atoms with Crippen molar-refractivity contribution in [3.05, 3.63) is 74.8 Å². The minimum absolute atomic E-state index is 0.0136. The van der Waals surface area contributed by atoms with Crippen LogP contribution in [0.1, 0.15) is 35.2 Å². The molecule has 0 aliphatic carbocycles. The molecule has 0 aliphatic rings. The molecular formula is C19H22N2O3S. The van der Waals surface area contributed by atoms with Crippen molar-refractivity contribution in [2.75, 3.05) is 5.75 Å². The second kappa shape index (κ2) is 8.67. The first-order chi connectivity index (χ1) is 11.9. The first-order valence-corrected chi connectivity index (χ1v) is 9.20. The van der Waals surface area contributed by atoms with E-state index in [1.807, 2.05) is 20.8 Å². The molecule has 1 N–H and O–H groups in total. The Balaban J connectivity index is 1.82. The minimum atomic E-state index is -0.418. The van der Waals surface area contributed by atoms with Crippen molar-refractivity contribution in [1.82, 2.24) is 5.32 Å². The number of nitro groups is 1. The average Bonchev–Trinajstić information content (AvgIpc) is 2.57. The third-order valence-corrected chi connectivity index (χ3v) is 4.93. The summed E-state index contributed by atoms with van der Waals surface area (Å²) in [5.74, 6) is 0.982. The molecule has 6 heteroatoms. The highest BCUT2D eigenvalue weighted by Crippen LogP contribution is 2.20. The fourth-order valence-corrected chi connectivity index (χ4v) is 3.36. The lowest BCUT2D eigenvalue weighted by Crippen LogP contribution is -2.28. The standard InChI is InChI=1S/C19H22N2O3S/c1-13-4-5-14(2)18(10-13)15(3)20-19(22)12-25-11-16-6-8-17(9-7-16)21(23)24/h4-10,15H,11-12H2,1-3H3,(H,20,22)/t15-/m1/s1. The number of carbonyl (C=O) groups excluding carboxylic acids is 1. The number of aryl methyl sites for hydroxylation is 2. The van der Waals surface area contributed by atoms with Gasteiger partial charge in [-0.3, -0.25) is 14.9 Å². The summed E-state index contributed by atoms with van der Waals surface area (Å²) in [5, 5.41) is 13.7. The summed E-state index contributed by atoms with van der Waals surface area (Å²) >= 11 is 1.49. The van der Waals surface area contributed by atoms with Crippen LogP contribution in [0.4, 0.5) is 5.69 Å². The van der Waals surface area contributed by atoms with E-state index in [2.05, 4.69) is 23.5 Å². The number of thioether (sulfide) groups is 1. The van der Waals surface area contributed by atoms with Crippen molar-refractivity contribution in [3.8, 4) is 0 Å². The minimum Gasteiger partial charge on any atom is -0.349 e. The zero-order valence-corrected chi connectivity index (χ0v) is 15.4. The quantitative estimate of drug-likeness (QED) is 0.591. The largest absolute Gasteiger partial charge is 0.349 e. The van der Waals surface area contributed by atoms with Crippen LogP contribution in [0.2, 0.25) is 0 Å². The lowest BCUT2D eigenvalue weighted by molar-refractivity contribution is -0.384. The van der Waals surface area contributed by atoms with E-state index in [0.717, 1.165) is 16.7 Å². The lowest BCUT2D eigenvalue weighted by Gasteiger charge is -2.17. The average molecular weight is 358 g/mol. The molecule has 0 saturated heterocycles. The number of carbonyl (C=O) groups is 1. The molecule has 132 valence electrons. The molecule has 25 heavy (non-hydrogen) atoms. The van der Waals surface area contributed by atoms with Gasteiger partial charge in [-0.05, 0) is 37.5 Å². The number of benzene rings is 2. The fraction of sp³-hybridized carbons (Fsp3) is 0.316. The van der Waals surface area contributed by atoms with Crippen LogP contribution >= 0.6 is 11.8 Å². The predicted molar refractivity (Wildman–Crippen MR) is 102 cm³/mol. The summed E-state index contributed by atoms with van der Waals surface area (Å²) in [7, 11) is 0. The van der Waals surface area contributed by atoms with Gasteiger partial charge in [-0.2, -0.15) is 0 Å². The first-order valence-electron chi connectivity index (χ1n) is 8.04. The van der Waals surface area contributed by atoms with Gasteiger partial charge in [0.2, 0.25) is 5.91 Å². The number of non-ortho nitro benzene ring substituents is 1. The molecule has 5 nitrogen and oxygen atoms in total. The molecule has 2 aromatic carbocycles. The van der Waals surface area contributed by atoms with Crippen molar-refractivity contribution in [3.63, 3.8) is 0 Å². The second-order valence-electron chi connectivity index (χ2n) is 6.07. The van der Waals surface area contributed by atoms with E-state index in [9.17, 15) is 14.9 Å². The number of nitro benzene ring substituents is 1. The van der Waals surface area contributed by atoms with Crippen LogP contribution < -0.4 is 5.32 Å². The molecule has 0 bridgehead atoms. The lowest BCUT2D eigenvalue weighted by atomic mass is 10.00. The van der Waals surface area contributed by atoms with E-state index in [-0.39, 0.29) is 17.6 Å². The summed E-state index contributed by atoms with van der Waals surface area (Å²) in [6.07, 6.45) is 0. The molecular weight excluding hydrogens is 336 g/mol. The van der Waals surface area contributed by atoms with Crippen molar-refractivity contribution in [2.45, 2.75) is 32.6 Å². The Bertz CT molecular complexity index is 760. The molecule has 0 spiro atoms. The van der Waals surface area contributed by atoms with E-state index in [1.165, 1.54) is 29.5 Å². The maximum Gasteiger partial charge on any atom is 0.269 e. The molecule has 0 radical (unpaired) electrons. The number of amides is 1. The molecule has 0 heterocycles. The van der Waals surface area contributed by atoms with Crippen molar-refractivity contribution in [1.29, 1.82) is 0 Å². The Morgan fingerprint density at radius 3 is 2.52 bits per heavy atom. The summed E-state index contributed by atoms with van der Waals surface area (Å²) in [5.41, 5.74) is 4.51. The zero-order valence-electron chi connectivity index (χ0n) is 14.6. The summed E-state index contributed by atoms with van der Waals surface area (Å²) < 4.78 is 0. The van der Waals surface area contributed by atoms with E-state index in [4.69, 9.17) is 0 Å². The smallest absolute Gasteiger partial charge is 0.269 e. The topological polar surface area (TPSA) is 72.2 Å². The van der Waals surface area contributed by atoms with Gasteiger partial charge in [0.15, 0.2) is 0 Å². The molecule has 1 amide bonds. The van der Waals surface area contributed by atoms with E-state index in [1.54, 1.807) is 12.1 Å². The summed E-state index contributed by atoms with van der Waals surface area (Å²) in [6.45, 7) is 6.07. The number of nitrogens with one attached hydrogen (secondary N) is 1. The highest BCUT2D eigenvalue weighted by molar-refractivity contribution is 7.99. The molecule has 0 fully saturated rings. The molecule has 0 aromatic heterocycles. The van der Waals surface area contributed by atoms with Crippen LogP contribution in [0.25, 0.3) is 0 Å². The van der Waals surface area contributed by atoms with Crippen LogP contribution in [-0.2, 0) is 10.5 Å². The van der Waals surface area contributed by atoms with Crippen LogP contribution in [0.5, 0.6) is 0 Å². The van der Waals surface area contributed by atoms with Crippen LogP contribution in [-0.4, -0.2) is 16.6 Å². The Morgan fingerprint density at radius 2 is 1.88 bits per heavy atom. The van der Waals surface area contributed by atoms with Gasteiger partial charge in [-0.1, -0.05) is 35.9 Å². The molecule has 2 rings (SSSR count). The monoisotopic (exact) mass is 358 g/mol. The molecule has 0 aliphatic heterocycles. The van der Waals surface area contributed by atoms with E-state index in [0.29, 0.717) is 11.5 Å². The maximum absolute atomic E-state index is 12.1. The molecule has 2 aromatic rings.